The minimum atomic E-state index is -1.92. The van der Waals surface area contributed by atoms with Crippen LogP contribution in [0.2, 0.25) is 0 Å². The molecule has 7 N–H and O–H groups in total. The zero-order valence-electron chi connectivity index (χ0n) is 28.3. The number of benzene rings is 1. The van der Waals surface area contributed by atoms with Gasteiger partial charge in [-0.05, 0) is 24.6 Å². The molecule has 4 atom stereocenters. The Morgan fingerprint density at radius 1 is 1.11 bits per heavy atom. The standard InChI is InChI=1S/C33H36N6O12S2/c1-15-19(13-39(5-2-3-6-39)7-4-37-12-16-8-21(40)22(41)9-17(16)28(37)45)27(32(49)50)38-29(46)18(30(38)53-15)10-23(42)26(20-14-52-33(34)35-20)36-51-24(31(47)48)11-25(43)44/h8-9,14-15,18,24,30H,2-7,10-13H2,1H3,(H6-,34,35,36,40,41,42,43,44,45,47,48,49,50)/p+1/t15-,18+,24-,30+/m0/s1. The second kappa shape index (κ2) is 14.7. The van der Waals surface area contributed by atoms with Crippen molar-refractivity contribution in [2.45, 2.75) is 55.9 Å². The van der Waals surface area contributed by atoms with Crippen LogP contribution in [0, 0.1) is 5.92 Å². The summed E-state index contributed by atoms with van der Waals surface area (Å²) in [6, 6.07) is 2.63. The number of phenolic OH excluding ortho intramolecular Hbond substituents is 2. The zero-order valence-corrected chi connectivity index (χ0v) is 30.0. The number of carboxylic acid groups (broad SMARTS) is 3. The van der Waals surface area contributed by atoms with Crippen LogP contribution in [0.3, 0.4) is 0 Å². The monoisotopic (exact) mass is 773 g/mol. The normalized spacial score (nSPS) is 22.7. The molecule has 0 aliphatic carbocycles. The number of thioether (sulfide) groups is 1. The van der Waals surface area contributed by atoms with Crippen LogP contribution in [0.25, 0.3) is 0 Å². The summed E-state index contributed by atoms with van der Waals surface area (Å²) in [6.45, 7) is 4.77. The van der Waals surface area contributed by atoms with Crippen LogP contribution >= 0.6 is 23.1 Å². The van der Waals surface area contributed by atoms with Crippen molar-refractivity contribution in [1.82, 2.24) is 14.8 Å². The summed E-state index contributed by atoms with van der Waals surface area (Å²) in [5.74, 6) is -7.66. The number of Topliss-reactive ketones (excluding diaryl/α,β-unsaturated/α-hetero) is 1. The van der Waals surface area contributed by atoms with Crippen molar-refractivity contribution in [3.63, 3.8) is 0 Å². The highest BCUT2D eigenvalue weighted by atomic mass is 32.2. The Morgan fingerprint density at radius 2 is 1.81 bits per heavy atom. The van der Waals surface area contributed by atoms with E-state index >= 15 is 0 Å². The van der Waals surface area contributed by atoms with Crippen molar-refractivity contribution in [2.24, 2.45) is 11.1 Å². The number of likely N-dealkylation sites (tertiary alicyclic amines) is 1. The number of amides is 2. The first kappa shape index (κ1) is 37.5. The Labute approximate surface area is 309 Å². The third-order valence-corrected chi connectivity index (χ3v) is 12.2. The van der Waals surface area contributed by atoms with Crippen molar-refractivity contribution in [2.75, 3.05) is 38.5 Å². The third kappa shape index (κ3) is 7.38. The lowest BCUT2D eigenvalue weighted by molar-refractivity contribution is -0.911. The summed E-state index contributed by atoms with van der Waals surface area (Å²) in [7, 11) is 0. The topological polar surface area (TPSA) is 271 Å². The number of carbonyl (C=O) groups excluding carboxylic acids is 3. The SMILES string of the molecule is C[C@@H]1S[C@@H]2[C@H](CC(=O)/C(=N\O[C@@H](CC(=O)O)C(=O)O)c3csc(N)n3)C(=O)N2C(C(=O)O)=C1C[N+]1(CCN2Cc3cc(O)c(O)cc3C2=O)CCCC1. The number of nitrogens with zero attached hydrogens (tertiary/aromatic N) is 5. The van der Waals surface area contributed by atoms with Crippen LogP contribution in [0.5, 0.6) is 11.5 Å². The third-order valence-electron chi connectivity index (χ3n) is 10.0. The van der Waals surface area contributed by atoms with Gasteiger partial charge < -0.3 is 45.5 Å². The van der Waals surface area contributed by atoms with Gasteiger partial charge in [0, 0.05) is 47.6 Å². The van der Waals surface area contributed by atoms with Crippen molar-refractivity contribution in [3.05, 3.63) is 45.6 Å². The highest BCUT2D eigenvalue weighted by molar-refractivity contribution is 8.00. The Morgan fingerprint density at radius 3 is 2.43 bits per heavy atom. The molecule has 18 nitrogen and oxygen atoms in total. The summed E-state index contributed by atoms with van der Waals surface area (Å²) >= 11 is 2.30. The van der Waals surface area contributed by atoms with E-state index in [1.54, 1.807) is 4.90 Å². The molecule has 2 amide bonds. The summed E-state index contributed by atoms with van der Waals surface area (Å²) in [4.78, 5) is 87.7. The van der Waals surface area contributed by atoms with Gasteiger partial charge in [0.15, 0.2) is 28.1 Å². The number of hydrogen-bond donors (Lipinski definition) is 6. The number of carbonyl (C=O) groups is 6. The number of aromatic nitrogens is 1. The number of nitrogen functional groups attached to an aromatic ring is 1. The fourth-order valence-electron chi connectivity index (χ4n) is 7.30. The number of β-lactam (4-membered cyclic amide) rings is 1. The molecule has 53 heavy (non-hydrogen) atoms. The molecule has 6 rings (SSSR count). The van der Waals surface area contributed by atoms with Gasteiger partial charge in [-0.15, -0.1) is 23.1 Å². The molecule has 0 radical (unpaired) electrons. The lowest BCUT2D eigenvalue weighted by Crippen LogP contribution is -2.63. The van der Waals surface area contributed by atoms with Gasteiger partial charge in [0.1, 0.15) is 17.9 Å². The van der Waals surface area contributed by atoms with Gasteiger partial charge in [0.2, 0.25) is 12.0 Å². The molecule has 4 aliphatic rings. The Kier molecular flexibility index (Phi) is 10.4. The average Bonchev–Trinajstić information content (AvgIpc) is 3.82. The number of phenols is 2. The lowest BCUT2D eigenvalue weighted by atomic mass is 9.88. The number of thiazole rings is 1. The van der Waals surface area contributed by atoms with Gasteiger partial charge >= 0.3 is 17.9 Å². The minimum absolute atomic E-state index is 0.0586. The number of nitrogens with two attached hydrogens (primary N) is 1. The summed E-state index contributed by atoms with van der Waals surface area (Å²) in [6.07, 6.45) is -1.52. The Hall–Kier alpha value is -5.21. The first-order chi connectivity index (χ1) is 25.1. The molecular weight excluding hydrogens is 737 g/mol. The van der Waals surface area contributed by atoms with Crippen molar-refractivity contribution < 1.29 is 63.6 Å². The fraction of sp³-hybridized carbons (Fsp3) is 0.455. The molecule has 282 valence electrons. The van der Waals surface area contributed by atoms with E-state index in [0.717, 1.165) is 37.3 Å². The van der Waals surface area contributed by atoms with E-state index in [-0.39, 0.29) is 45.7 Å². The van der Waals surface area contributed by atoms with Gasteiger partial charge in [-0.1, -0.05) is 5.16 Å². The molecule has 0 spiro atoms. The maximum atomic E-state index is 13.7. The van der Waals surface area contributed by atoms with Crippen molar-refractivity contribution in [1.29, 1.82) is 0 Å². The largest absolute Gasteiger partial charge is 0.504 e. The number of anilines is 1. The van der Waals surface area contributed by atoms with Crippen LogP contribution in [-0.4, -0.2) is 135 Å². The quantitative estimate of drug-likeness (QED) is 0.0489. The maximum absolute atomic E-state index is 13.7. The van der Waals surface area contributed by atoms with E-state index in [0.29, 0.717) is 40.8 Å². The molecule has 0 unspecified atom stereocenters. The highest BCUT2D eigenvalue weighted by Crippen LogP contribution is 2.49. The fourth-order valence-corrected chi connectivity index (χ4v) is 9.35. The van der Waals surface area contributed by atoms with Crippen molar-refractivity contribution in [3.8, 4) is 11.5 Å². The van der Waals surface area contributed by atoms with Crippen molar-refractivity contribution >= 4 is 69.4 Å². The lowest BCUT2D eigenvalue weighted by Gasteiger charge is -2.51. The van der Waals surface area contributed by atoms with E-state index in [1.807, 2.05) is 6.92 Å². The maximum Gasteiger partial charge on any atom is 0.352 e. The molecule has 2 fully saturated rings. The molecule has 5 heterocycles. The Balaban J connectivity index is 1.19. The number of fused-ring (bicyclic) bond motifs is 2. The average molecular weight is 774 g/mol. The van der Waals surface area contributed by atoms with Gasteiger partial charge in [-0.2, -0.15) is 0 Å². The number of aromatic hydroxyl groups is 2. The summed E-state index contributed by atoms with van der Waals surface area (Å²) in [5, 5.41) is 52.7. The van der Waals surface area contributed by atoms with Gasteiger partial charge in [-0.3, -0.25) is 24.1 Å². The number of oxime groups is 1. The molecule has 2 saturated heterocycles. The first-order valence-corrected chi connectivity index (χ1v) is 18.5. The second-order valence-electron chi connectivity index (χ2n) is 13.4. The highest BCUT2D eigenvalue weighted by Gasteiger charge is 2.56. The van der Waals surface area contributed by atoms with Crippen LogP contribution in [0.4, 0.5) is 5.13 Å². The molecule has 1 aromatic heterocycles. The Bertz CT molecular complexity index is 1960. The number of rotatable bonds is 15. The molecule has 20 heteroatoms. The zero-order chi connectivity index (χ0) is 38.4. The van der Waals surface area contributed by atoms with Crippen LogP contribution in [0.1, 0.15) is 54.2 Å². The molecular formula is C33H37N6O12S2+. The molecule has 0 saturated carbocycles. The van der Waals surface area contributed by atoms with Gasteiger partial charge in [0.25, 0.3) is 5.91 Å². The molecule has 2 aromatic rings. The molecule has 1 aromatic carbocycles. The number of carboxylic acids is 3. The van der Waals surface area contributed by atoms with Gasteiger partial charge in [0.05, 0.1) is 43.9 Å². The van der Waals surface area contributed by atoms with Gasteiger partial charge in [-0.25, -0.2) is 14.6 Å². The number of quaternary nitrogens is 1. The molecule has 4 aliphatic heterocycles. The number of hydrogen-bond acceptors (Lipinski definition) is 14. The van der Waals surface area contributed by atoms with Crippen LogP contribution < -0.4 is 5.73 Å². The molecule has 0 bridgehead atoms. The van der Waals surface area contributed by atoms with E-state index in [1.165, 1.54) is 34.2 Å². The van der Waals surface area contributed by atoms with E-state index in [9.17, 15) is 49.2 Å². The summed E-state index contributed by atoms with van der Waals surface area (Å²) < 4.78 is 0.498. The minimum Gasteiger partial charge on any atom is -0.504 e. The van der Waals surface area contributed by atoms with Crippen LogP contribution in [0.15, 0.2) is 33.9 Å². The first-order valence-electron chi connectivity index (χ1n) is 16.7. The smallest absolute Gasteiger partial charge is 0.352 e. The van der Waals surface area contributed by atoms with E-state index in [4.69, 9.17) is 15.7 Å². The number of aliphatic carboxylic acids is 3. The van der Waals surface area contributed by atoms with Crippen LogP contribution in [-0.2, 0) is 35.4 Å². The predicted octanol–water partition coefficient (Wildman–Crippen LogP) is 1.27. The number of ketones is 1. The second-order valence-corrected chi connectivity index (χ2v) is 15.8. The summed E-state index contributed by atoms with van der Waals surface area (Å²) in [5.41, 5.74) is 6.55. The predicted molar refractivity (Wildman–Crippen MR) is 187 cm³/mol. The van der Waals surface area contributed by atoms with E-state index in [2.05, 4.69) is 10.1 Å². The van der Waals surface area contributed by atoms with E-state index < -0.39 is 65.5 Å².